The summed E-state index contributed by atoms with van der Waals surface area (Å²) in [6.45, 7) is 1.46. The predicted molar refractivity (Wildman–Crippen MR) is 108 cm³/mol. The number of rotatable bonds is 4. The lowest BCUT2D eigenvalue weighted by Gasteiger charge is -2.08. The number of carbonyl (C=O) groups excluding carboxylic acids is 2. The fourth-order valence-electron chi connectivity index (χ4n) is 3.40. The van der Waals surface area contributed by atoms with E-state index in [-0.39, 0.29) is 11.3 Å². The molecular formula is C24H16F3NO2. The van der Waals surface area contributed by atoms with Gasteiger partial charge in [0.25, 0.3) is 0 Å². The van der Waals surface area contributed by atoms with Crippen molar-refractivity contribution in [1.29, 1.82) is 0 Å². The Bertz CT molecular complexity index is 1250. The minimum absolute atomic E-state index is 0.103. The summed E-state index contributed by atoms with van der Waals surface area (Å²) in [6, 6.07) is 18.6. The Morgan fingerprint density at radius 2 is 1.50 bits per heavy atom. The Morgan fingerprint density at radius 1 is 0.833 bits per heavy atom. The normalized spacial score (nSPS) is 11.6. The second-order valence-electron chi connectivity index (χ2n) is 6.94. The van der Waals surface area contributed by atoms with Crippen molar-refractivity contribution in [3.63, 3.8) is 0 Å². The first kappa shape index (κ1) is 19.6. The lowest BCUT2D eigenvalue weighted by Crippen LogP contribution is -2.08. The van der Waals surface area contributed by atoms with Gasteiger partial charge in [-0.2, -0.15) is 13.2 Å². The molecule has 2 heterocycles. The molecular weight excluding hydrogens is 391 g/mol. The second kappa shape index (κ2) is 7.30. The van der Waals surface area contributed by atoms with E-state index in [9.17, 15) is 22.8 Å². The molecule has 0 atom stereocenters. The first-order chi connectivity index (χ1) is 14.3. The van der Waals surface area contributed by atoms with Crippen molar-refractivity contribution in [2.24, 2.45) is 0 Å². The molecule has 0 N–H and O–H groups in total. The molecule has 2 aromatic carbocycles. The van der Waals surface area contributed by atoms with E-state index < -0.39 is 17.5 Å². The highest BCUT2D eigenvalue weighted by Gasteiger charge is 2.30. The van der Waals surface area contributed by atoms with E-state index in [1.165, 1.54) is 19.1 Å². The molecule has 30 heavy (non-hydrogen) atoms. The largest absolute Gasteiger partial charge is 0.416 e. The van der Waals surface area contributed by atoms with Crippen LogP contribution in [-0.2, 0) is 6.18 Å². The summed E-state index contributed by atoms with van der Waals surface area (Å²) in [7, 11) is 0. The molecule has 0 saturated carbocycles. The predicted octanol–water partition coefficient (Wildman–Crippen LogP) is 6.06. The molecule has 0 spiro atoms. The van der Waals surface area contributed by atoms with Gasteiger partial charge < -0.3 is 4.40 Å². The third-order valence-electron chi connectivity index (χ3n) is 4.97. The third kappa shape index (κ3) is 3.52. The molecule has 0 aliphatic carbocycles. The number of fused-ring (bicyclic) bond motifs is 1. The van der Waals surface area contributed by atoms with Gasteiger partial charge in [-0.05, 0) is 42.8 Å². The number of pyridine rings is 1. The van der Waals surface area contributed by atoms with Crippen molar-refractivity contribution in [2.45, 2.75) is 13.1 Å². The van der Waals surface area contributed by atoms with E-state index >= 15 is 0 Å². The summed E-state index contributed by atoms with van der Waals surface area (Å²) >= 11 is 0. The Morgan fingerprint density at radius 3 is 2.10 bits per heavy atom. The molecule has 4 rings (SSSR count). The zero-order chi connectivity index (χ0) is 21.5. The minimum Gasteiger partial charge on any atom is -0.313 e. The molecule has 6 heteroatoms. The fraction of sp³-hybridized carbons (Fsp3) is 0.0833. The van der Waals surface area contributed by atoms with Crippen LogP contribution in [0.2, 0.25) is 0 Å². The van der Waals surface area contributed by atoms with Crippen LogP contribution in [0.25, 0.3) is 16.6 Å². The van der Waals surface area contributed by atoms with E-state index in [2.05, 4.69) is 0 Å². The summed E-state index contributed by atoms with van der Waals surface area (Å²) in [5.41, 5.74) is 2.44. The maximum atomic E-state index is 13.1. The van der Waals surface area contributed by atoms with Gasteiger partial charge in [-0.25, -0.2) is 0 Å². The van der Waals surface area contributed by atoms with Gasteiger partial charge in [-0.15, -0.1) is 0 Å². The average Bonchev–Trinajstić information content (AvgIpc) is 3.12. The number of halogens is 3. The van der Waals surface area contributed by atoms with Gasteiger partial charge in [0.2, 0.25) is 5.78 Å². The first-order valence-electron chi connectivity index (χ1n) is 9.19. The van der Waals surface area contributed by atoms with E-state index in [1.807, 2.05) is 30.3 Å². The standard InChI is InChI=1S/C24H16F3NO2/c1-15(29)18-11-12-28-21(13-18)20(16-5-3-2-4-6-16)14-22(28)23(30)17-7-9-19(10-8-17)24(25,26)27/h2-14H,1H3. The topological polar surface area (TPSA) is 38.5 Å². The van der Waals surface area contributed by atoms with Gasteiger partial charge in [-0.1, -0.05) is 42.5 Å². The van der Waals surface area contributed by atoms with Crippen LogP contribution < -0.4 is 0 Å². The van der Waals surface area contributed by atoms with Crippen LogP contribution >= 0.6 is 0 Å². The Labute approximate surface area is 170 Å². The van der Waals surface area contributed by atoms with Gasteiger partial charge in [0.1, 0.15) is 0 Å². The third-order valence-corrected chi connectivity index (χ3v) is 4.97. The Kier molecular flexibility index (Phi) is 4.78. The number of nitrogens with zero attached hydrogens (tertiary/aromatic N) is 1. The van der Waals surface area contributed by atoms with Crippen LogP contribution in [0.5, 0.6) is 0 Å². The molecule has 0 amide bonds. The molecule has 150 valence electrons. The SMILES string of the molecule is CC(=O)c1ccn2c(C(=O)c3ccc(C(F)(F)F)cc3)cc(-c3ccccc3)c2c1. The molecule has 0 aliphatic heterocycles. The number of aromatic nitrogens is 1. The van der Waals surface area contributed by atoms with Gasteiger partial charge in [-0.3, -0.25) is 9.59 Å². The van der Waals surface area contributed by atoms with Gasteiger partial charge in [0.15, 0.2) is 5.78 Å². The van der Waals surface area contributed by atoms with E-state index in [1.54, 1.807) is 28.8 Å². The van der Waals surface area contributed by atoms with E-state index in [0.717, 1.165) is 23.3 Å². The summed E-state index contributed by atoms with van der Waals surface area (Å²) < 4.78 is 40.1. The minimum atomic E-state index is -4.47. The first-order valence-corrected chi connectivity index (χ1v) is 9.19. The van der Waals surface area contributed by atoms with Crippen molar-refractivity contribution in [1.82, 2.24) is 4.40 Å². The number of Topliss-reactive ketones (excluding diaryl/α,β-unsaturated/α-hetero) is 1. The highest BCUT2D eigenvalue weighted by atomic mass is 19.4. The number of benzene rings is 2. The highest BCUT2D eigenvalue weighted by Crippen LogP contribution is 2.32. The van der Waals surface area contributed by atoms with E-state index in [0.29, 0.717) is 16.8 Å². The van der Waals surface area contributed by atoms with Gasteiger partial charge >= 0.3 is 6.18 Å². The molecule has 0 unspecified atom stereocenters. The van der Waals surface area contributed by atoms with Crippen LogP contribution in [0.1, 0.15) is 38.9 Å². The van der Waals surface area contributed by atoms with Crippen molar-refractivity contribution in [3.05, 3.63) is 101 Å². The summed E-state index contributed by atoms with van der Waals surface area (Å²) in [6.07, 6.45) is -2.83. The zero-order valence-corrected chi connectivity index (χ0v) is 15.9. The molecule has 3 nitrogen and oxygen atoms in total. The lowest BCUT2D eigenvalue weighted by molar-refractivity contribution is -0.137. The molecule has 0 fully saturated rings. The molecule has 2 aromatic heterocycles. The number of ketones is 2. The van der Waals surface area contributed by atoms with Crippen molar-refractivity contribution in [2.75, 3.05) is 0 Å². The summed E-state index contributed by atoms with van der Waals surface area (Å²) in [4.78, 5) is 25.0. The van der Waals surface area contributed by atoms with Crippen LogP contribution in [0, 0.1) is 0 Å². The second-order valence-corrected chi connectivity index (χ2v) is 6.94. The average molecular weight is 407 g/mol. The number of alkyl halides is 3. The van der Waals surface area contributed by atoms with E-state index in [4.69, 9.17) is 0 Å². The smallest absolute Gasteiger partial charge is 0.313 e. The zero-order valence-electron chi connectivity index (χ0n) is 15.9. The Hall–Kier alpha value is -3.67. The molecule has 4 aromatic rings. The van der Waals surface area contributed by atoms with Crippen molar-refractivity contribution in [3.8, 4) is 11.1 Å². The van der Waals surface area contributed by atoms with Crippen LogP contribution in [0.15, 0.2) is 79.0 Å². The van der Waals surface area contributed by atoms with Crippen molar-refractivity contribution < 1.29 is 22.8 Å². The molecule has 0 bridgehead atoms. The van der Waals surface area contributed by atoms with Crippen LogP contribution in [-0.4, -0.2) is 16.0 Å². The molecule has 0 radical (unpaired) electrons. The number of hydrogen-bond acceptors (Lipinski definition) is 2. The Balaban J connectivity index is 1.86. The monoisotopic (exact) mass is 407 g/mol. The maximum absolute atomic E-state index is 13.1. The highest BCUT2D eigenvalue weighted by molar-refractivity contribution is 6.10. The van der Waals surface area contributed by atoms with Gasteiger partial charge in [0.05, 0.1) is 16.8 Å². The number of hydrogen-bond donors (Lipinski definition) is 0. The van der Waals surface area contributed by atoms with Crippen molar-refractivity contribution >= 4 is 17.1 Å². The van der Waals surface area contributed by atoms with Crippen LogP contribution in [0.4, 0.5) is 13.2 Å². The summed E-state index contributed by atoms with van der Waals surface area (Å²) in [5, 5.41) is 0. The fourth-order valence-corrected chi connectivity index (χ4v) is 3.40. The van der Waals surface area contributed by atoms with Crippen LogP contribution in [0.3, 0.4) is 0 Å². The molecule has 0 saturated heterocycles. The molecule has 0 aliphatic rings. The lowest BCUT2D eigenvalue weighted by atomic mass is 10.0. The maximum Gasteiger partial charge on any atom is 0.416 e. The number of carbonyl (C=O) groups is 2. The summed E-state index contributed by atoms with van der Waals surface area (Å²) in [5.74, 6) is -0.509. The quantitative estimate of drug-likeness (QED) is 0.386. The van der Waals surface area contributed by atoms with Gasteiger partial charge in [0, 0.05) is 22.9 Å².